The molecule has 2 saturated carbocycles. The van der Waals surface area contributed by atoms with Crippen molar-refractivity contribution in [3.05, 3.63) is 12.2 Å². The SMILES string of the molecule is CC(=O)/C=C/C1CC2CCC1C2. The standard InChI is InChI=1S/C11H16O/c1-8(12)2-4-10-6-9-3-5-11(10)7-9/h2,4,9-11H,3,5-7H2,1H3/b4-2+. The highest BCUT2D eigenvalue weighted by Crippen LogP contribution is 2.48. The maximum atomic E-state index is 10.7. The van der Waals surface area contributed by atoms with Gasteiger partial charge in [-0.15, -0.1) is 0 Å². The van der Waals surface area contributed by atoms with Crippen molar-refractivity contribution in [3.63, 3.8) is 0 Å². The molecule has 2 rings (SSSR count). The zero-order valence-electron chi connectivity index (χ0n) is 7.62. The van der Waals surface area contributed by atoms with Crippen LogP contribution in [0.15, 0.2) is 12.2 Å². The molecule has 0 aliphatic heterocycles. The summed E-state index contributed by atoms with van der Waals surface area (Å²) in [5.41, 5.74) is 0. The third-order valence-electron chi connectivity index (χ3n) is 3.37. The molecule has 0 aromatic carbocycles. The molecular weight excluding hydrogens is 148 g/mol. The van der Waals surface area contributed by atoms with Crippen LogP contribution in [0.1, 0.15) is 32.6 Å². The van der Waals surface area contributed by atoms with Crippen LogP contribution in [0.3, 0.4) is 0 Å². The Kier molecular flexibility index (Phi) is 2.03. The summed E-state index contributed by atoms with van der Waals surface area (Å²) in [4.78, 5) is 10.7. The molecule has 66 valence electrons. The van der Waals surface area contributed by atoms with Gasteiger partial charge in [-0.2, -0.15) is 0 Å². The molecule has 0 N–H and O–H groups in total. The number of carbonyl (C=O) groups excluding carboxylic acids is 1. The van der Waals surface area contributed by atoms with Crippen LogP contribution in [0.4, 0.5) is 0 Å². The van der Waals surface area contributed by atoms with Crippen LogP contribution in [0.5, 0.6) is 0 Å². The van der Waals surface area contributed by atoms with Crippen LogP contribution in [0, 0.1) is 17.8 Å². The molecule has 1 heteroatoms. The van der Waals surface area contributed by atoms with Crippen molar-refractivity contribution in [3.8, 4) is 0 Å². The van der Waals surface area contributed by atoms with Gasteiger partial charge in [-0.3, -0.25) is 4.79 Å². The molecule has 2 fully saturated rings. The number of ketones is 1. The predicted octanol–water partition coefficient (Wildman–Crippen LogP) is 2.57. The van der Waals surface area contributed by atoms with Gasteiger partial charge in [-0.05, 0) is 50.0 Å². The van der Waals surface area contributed by atoms with Crippen LogP contribution in [-0.4, -0.2) is 5.78 Å². The fourth-order valence-corrected chi connectivity index (χ4v) is 2.79. The summed E-state index contributed by atoms with van der Waals surface area (Å²) in [6.45, 7) is 1.63. The Morgan fingerprint density at radius 1 is 1.33 bits per heavy atom. The quantitative estimate of drug-likeness (QED) is 0.573. The molecule has 3 atom stereocenters. The Labute approximate surface area is 73.8 Å². The average Bonchev–Trinajstić information content (AvgIpc) is 2.60. The predicted molar refractivity (Wildman–Crippen MR) is 48.8 cm³/mol. The van der Waals surface area contributed by atoms with Crippen molar-refractivity contribution in [1.29, 1.82) is 0 Å². The summed E-state index contributed by atoms with van der Waals surface area (Å²) in [7, 11) is 0. The first-order valence-corrected chi connectivity index (χ1v) is 4.94. The van der Waals surface area contributed by atoms with Gasteiger partial charge in [-0.1, -0.05) is 12.5 Å². The summed E-state index contributed by atoms with van der Waals surface area (Å²) < 4.78 is 0. The zero-order valence-corrected chi connectivity index (χ0v) is 7.62. The van der Waals surface area contributed by atoms with Gasteiger partial charge in [0, 0.05) is 0 Å². The van der Waals surface area contributed by atoms with Gasteiger partial charge >= 0.3 is 0 Å². The fraction of sp³-hybridized carbons (Fsp3) is 0.727. The van der Waals surface area contributed by atoms with E-state index in [-0.39, 0.29) is 5.78 Å². The first kappa shape index (κ1) is 8.03. The summed E-state index contributed by atoms with van der Waals surface area (Å²) in [6.07, 6.45) is 9.51. The van der Waals surface area contributed by atoms with Crippen LogP contribution >= 0.6 is 0 Å². The van der Waals surface area contributed by atoms with Gasteiger partial charge in [0.1, 0.15) is 0 Å². The van der Waals surface area contributed by atoms with Crippen LogP contribution < -0.4 is 0 Å². The Bertz CT molecular complexity index is 217. The first-order chi connectivity index (χ1) is 5.75. The van der Waals surface area contributed by atoms with E-state index in [1.54, 1.807) is 13.0 Å². The molecule has 1 nitrogen and oxygen atoms in total. The molecule has 0 amide bonds. The Morgan fingerprint density at radius 2 is 2.17 bits per heavy atom. The number of carbonyl (C=O) groups is 1. The second-order valence-corrected chi connectivity index (χ2v) is 4.31. The van der Waals surface area contributed by atoms with E-state index in [1.165, 1.54) is 25.7 Å². The van der Waals surface area contributed by atoms with Gasteiger partial charge in [0.2, 0.25) is 0 Å². The smallest absolute Gasteiger partial charge is 0.152 e. The number of fused-ring (bicyclic) bond motifs is 2. The molecule has 0 heterocycles. The Balaban J connectivity index is 1.94. The molecule has 2 aliphatic carbocycles. The van der Waals surface area contributed by atoms with E-state index in [0.717, 1.165) is 17.8 Å². The fourth-order valence-electron chi connectivity index (χ4n) is 2.79. The highest BCUT2D eigenvalue weighted by Gasteiger charge is 2.37. The topological polar surface area (TPSA) is 17.1 Å². The first-order valence-electron chi connectivity index (χ1n) is 4.94. The number of hydrogen-bond donors (Lipinski definition) is 0. The summed E-state index contributed by atoms with van der Waals surface area (Å²) in [6, 6.07) is 0. The summed E-state index contributed by atoms with van der Waals surface area (Å²) in [5.74, 6) is 2.81. The van der Waals surface area contributed by atoms with E-state index in [4.69, 9.17) is 0 Å². The van der Waals surface area contributed by atoms with Crippen LogP contribution in [0.2, 0.25) is 0 Å². The van der Waals surface area contributed by atoms with E-state index >= 15 is 0 Å². The van der Waals surface area contributed by atoms with Gasteiger partial charge in [0.05, 0.1) is 0 Å². The number of allylic oxidation sites excluding steroid dienone is 2. The molecule has 2 bridgehead atoms. The lowest BCUT2D eigenvalue weighted by atomic mass is 9.88. The minimum atomic E-state index is 0.192. The van der Waals surface area contributed by atoms with Gasteiger partial charge < -0.3 is 0 Å². The lowest BCUT2D eigenvalue weighted by Crippen LogP contribution is -2.07. The second kappa shape index (κ2) is 3.04. The van der Waals surface area contributed by atoms with E-state index in [0.29, 0.717) is 0 Å². The molecule has 0 radical (unpaired) electrons. The minimum Gasteiger partial charge on any atom is -0.295 e. The molecule has 0 saturated heterocycles. The van der Waals surface area contributed by atoms with Gasteiger partial charge in [0.15, 0.2) is 5.78 Å². The van der Waals surface area contributed by atoms with E-state index < -0.39 is 0 Å². The van der Waals surface area contributed by atoms with Gasteiger partial charge in [0.25, 0.3) is 0 Å². The molecule has 12 heavy (non-hydrogen) atoms. The lowest BCUT2D eigenvalue weighted by molar-refractivity contribution is -0.112. The van der Waals surface area contributed by atoms with Crippen molar-refractivity contribution in [2.45, 2.75) is 32.6 Å². The van der Waals surface area contributed by atoms with E-state index in [9.17, 15) is 4.79 Å². The van der Waals surface area contributed by atoms with E-state index in [1.807, 2.05) is 0 Å². The molecule has 0 aromatic rings. The third-order valence-corrected chi connectivity index (χ3v) is 3.37. The molecular formula is C11H16O. The molecule has 0 spiro atoms. The average molecular weight is 164 g/mol. The van der Waals surface area contributed by atoms with Crippen molar-refractivity contribution in [2.75, 3.05) is 0 Å². The van der Waals surface area contributed by atoms with Crippen LogP contribution in [0.25, 0.3) is 0 Å². The zero-order chi connectivity index (χ0) is 8.55. The number of rotatable bonds is 2. The normalized spacial score (nSPS) is 39.6. The number of hydrogen-bond acceptors (Lipinski definition) is 1. The maximum Gasteiger partial charge on any atom is 0.152 e. The van der Waals surface area contributed by atoms with E-state index in [2.05, 4.69) is 6.08 Å². The van der Waals surface area contributed by atoms with Crippen molar-refractivity contribution in [2.24, 2.45) is 17.8 Å². The van der Waals surface area contributed by atoms with Crippen LogP contribution in [-0.2, 0) is 4.79 Å². The largest absolute Gasteiger partial charge is 0.295 e. The minimum absolute atomic E-state index is 0.192. The Hall–Kier alpha value is -0.590. The summed E-state index contributed by atoms with van der Waals surface area (Å²) in [5, 5.41) is 0. The highest BCUT2D eigenvalue weighted by atomic mass is 16.1. The Morgan fingerprint density at radius 3 is 2.67 bits per heavy atom. The molecule has 2 aliphatic rings. The molecule has 3 unspecified atom stereocenters. The second-order valence-electron chi connectivity index (χ2n) is 4.31. The maximum absolute atomic E-state index is 10.7. The molecule has 0 aromatic heterocycles. The van der Waals surface area contributed by atoms with Gasteiger partial charge in [-0.25, -0.2) is 0 Å². The highest BCUT2D eigenvalue weighted by molar-refractivity contribution is 5.87. The lowest BCUT2D eigenvalue weighted by Gasteiger charge is -2.17. The van der Waals surface area contributed by atoms with Crippen molar-refractivity contribution in [1.82, 2.24) is 0 Å². The van der Waals surface area contributed by atoms with Crippen molar-refractivity contribution >= 4 is 5.78 Å². The monoisotopic (exact) mass is 164 g/mol. The third kappa shape index (κ3) is 1.45. The summed E-state index contributed by atoms with van der Waals surface area (Å²) >= 11 is 0. The van der Waals surface area contributed by atoms with Crippen molar-refractivity contribution < 1.29 is 4.79 Å².